The fourth-order valence-corrected chi connectivity index (χ4v) is 1.28. The summed E-state index contributed by atoms with van der Waals surface area (Å²) in [5.74, 6) is -0.342. The Kier molecular flexibility index (Phi) is 9.46. The Hall–Kier alpha value is -0.460. The monoisotopic (exact) mass is 251 g/mol. The quantitative estimate of drug-likeness (QED) is 0.459. The molecule has 0 bridgehead atoms. The van der Waals surface area contributed by atoms with E-state index in [2.05, 4.69) is 5.32 Å². The minimum atomic E-state index is -0.805. The van der Waals surface area contributed by atoms with Gasteiger partial charge in [-0.3, -0.25) is 4.21 Å². The molecule has 0 rings (SSSR count). The van der Waals surface area contributed by atoms with E-state index in [1.165, 1.54) is 0 Å². The van der Waals surface area contributed by atoms with Crippen LogP contribution in [0.3, 0.4) is 0 Å². The molecule has 16 heavy (non-hydrogen) atoms. The van der Waals surface area contributed by atoms with Gasteiger partial charge in [0.1, 0.15) is 6.61 Å². The third kappa shape index (κ3) is 8.82. The second kappa shape index (κ2) is 9.74. The zero-order chi connectivity index (χ0) is 12.4. The number of hydrogen-bond donors (Lipinski definition) is 1. The summed E-state index contributed by atoms with van der Waals surface area (Å²) in [4.78, 5) is 10.9. The molecule has 0 radical (unpaired) electrons. The SMILES string of the molecule is CCOC(=O)COCCNCC(C)S(C)=O. The molecule has 5 nitrogen and oxygen atoms in total. The van der Waals surface area contributed by atoms with Crippen molar-refractivity contribution in [3.63, 3.8) is 0 Å². The van der Waals surface area contributed by atoms with Gasteiger partial charge in [0.05, 0.1) is 13.2 Å². The van der Waals surface area contributed by atoms with Gasteiger partial charge in [-0.1, -0.05) is 0 Å². The van der Waals surface area contributed by atoms with Crippen LogP contribution in [0, 0.1) is 0 Å². The van der Waals surface area contributed by atoms with Gasteiger partial charge in [0, 0.05) is 35.4 Å². The molecular weight excluding hydrogens is 230 g/mol. The lowest BCUT2D eigenvalue weighted by molar-refractivity contribution is -0.148. The van der Waals surface area contributed by atoms with Gasteiger partial charge in [-0.15, -0.1) is 0 Å². The zero-order valence-corrected chi connectivity index (χ0v) is 11.0. The fourth-order valence-electron chi connectivity index (χ4n) is 0.925. The number of esters is 1. The highest BCUT2D eigenvalue weighted by atomic mass is 32.2. The highest BCUT2D eigenvalue weighted by Crippen LogP contribution is 1.89. The number of carbonyl (C=O) groups is 1. The molecule has 0 aromatic carbocycles. The predicted octanol–water partition coefficient (Wildman–Crippen LogP) is -0.0773. The van der Waals surface area contributed by atoms with Crippen molar-refractivity contribution < 1.29 is 18.5 Å². The molecule has 0 aliphatic heterocycles. The van der Waals surface area contributed by atoms with Crippen molar-refractivity contribution in [1.82, 2.24) is 5.32 Å². The lowest BCUT2D eigenvalue weighted by Gasteiger charge is -2.09. The average Bonchev–Trinajstić information content (AvgIpc) is 2.23. The van der Waals surface area contributed by atoms with Crippen LogP contribution >= 0.6 is 0 Å². The van der Waals surface area contributed by atoms with Crippen LogP contribution in [0.2, 0.25) is 0 Å². The van der Waals surface area contributed by atoms with E-state index in [-0.39, 0.29) is 17.8 Å². The van der Waals surface area contributed by atoms with E-state index in [1.807, 2.05) is 6.92 Å². The summed E-state index contributed by atoms with van der Waals surface area (Å²) in [7, 11) is -0.805. The maximum absolute atomic E-state index is 11.0. The van der Waals surface area contributed by atoms with Gasteiger partial charge >= 0.3 is 5.97 Å². The van der Waals surface area contributed by atoms with Crippen LogP contribution in [-0.2, 0) is 25.1 Å². The van der Waals surface area contributed by atoms with Crippen LogP contribution in [0.25, 0.3) is 0 Å². The van der Waals surface area contributed by atoms with E-state index >= 15 is 0 Å². The van der Waals surface area contributed by atoms with Gasteiger partial charge in [-0.2, -0.15) is 0 Å². The smallest absolute Gasteiger partial charge is 0.332 e. The molecule has 0 saturated heterocycles. The topological polar surface area (TPSA) is 64.6 Å². The van der Waals surface area contributed by atoms with Crippen LogP contribution in [-0.4, -0.2) is 54.6 Å². The summed E-state index contributed by atoms with van der Waals surface area (Å²) >= 11 is 0. The standard InChI is InChI=1S/C10H21NO4S/c1-4-15-10(12)8-14-6-5-11-7-9(2)16(3)13/h9,11H,4-8H2,1-3H3. The first-order valence-corrected chi connectivity index (χ1v) is 6.96. The first kappa shape index (κ1) is 15.5. The fraction of sp³-hybridized carbons (Fsp3) is 0.900. The molecule has 0 aliphatic rings. The molecule has 0 aromatic heterocycles. The molecule has 0 amide bonds. The van der Waals surface area contributed by atoms with Crippen molar-refractivity contribution in [1.29, 1.82) is 0 Å². The van der Waals surface area contributed by atoms with Crippen molar-refractivity contribution in [3.05, 3.63) is 0 Å². The number of nitrogens with one attached hydrogen (secondary N) is 1. The lowest BCUT2D eigenvalue weighted by atomic mass is 10.4. The minimum Gasteiger partial charge on any atom is -0.464 e. The third-order valence-corrected chi connectivity index (χ3v) is 3.25. The molecule has 0 heterocycles. The Morgan fingerprint density at radius 2 is 2.19 bits per heavy atom. The second-order valence-corrected chi connectivity index (χ2v) is 5.17. The van der Waals surface area contributed by atoms with E-state index in [0.29, 0.717) is 26.3 Å². The number of ether oxygens (including phenoxy) is 2. The molecule has 0 saturated carbocycles. The van der Waals surface area contributed by atoms with Crippen molar-refractivity contribution in [2.75, 3.05) is 39.2 Å². The highest BCUT2D eigenvalue weighted by molar-refractivity contribution is 7.84. The summed E-state index contributed by atoms with van der Waals surface area (Å²) in [6.45, 7) is 5.81. The van der Waals surface area contributed by atoms with E-state index < -0.39 is 10.8 Å². The molecule has 0 aromatic rings. The molecule has 96 valence electrons. The largest absolute Gasteiger partial charge is 0.464 e. The summed E-state index contributed by atoms with van der Waals surface area (Å²) in [5.41, 5.74) is 0. The third-order valence-electron chi connectivity index (χ3n) is 1.95. The van der Waals surface area contributed by atoms with Crippen LogP contribution in [0.15, 0.2) is 0 Å². The van der Waals surface area contributed by atoms with Crippen LogP contribution < -0.4 is 5.32 Å². The molecule has 0 spiro atoms. The molecule has 2 atom stereocenters. The summed E-state index contributed by atoms with van der Waals surface area (Å²) in [6.07, 6.45) is 1.68. The number of hydrogen-bond acceptors (Lipinski definition) is 5. The first-order chi connectivity index (χ1) is 7.57. The van der Waals surface area contributed by atoms with E-state index in [4.69, 9.17) is 9.47 Å². The lowest BCUT2D eigenvalue weighted by Crippen LogP contribution is -2.30. The molecule has 2 unspecified atom stereocenters. The van der Waals surface area contributed by atoms with Crippen LogP contribution in [0.1, 0.15) is 13.8 Å². The summed E-state index contributed by atoms with van der Waals surface area (Å²) in [5, 5.41) is 3.23. The minimum absolute atomic E-state index is 0.00914. The van der Waals surface area contributed by atoms with Crippen molar-refractivity contribution >= 4 is 16.8 Å². The van der Waals surface area contributed by atoms with Gasteiger partial charge in [0.25, 0.3) is 0 Å². The Morgan fingerprint density at radius 3 is 2.75 bits per heavy atom. The number of rotatable bonds is 9. The molecule has 6 heteroatoms. The molecule has 0 fully saturated rings. The average molecular weight is 251 g/mol. The Labute approximate surface area is 99.3 Å². The maximum Gasteiger partial charge on any atom is 0.332 e. The normalized spacial score (nSPS) is 14.4. The molecule has 1 N–H and O–H groups in total. The van der Waals surface area contributed by atoms with Gasteiger partial charge in [0.15, 0.2) is 0 Å². The van der Waals surface area contributed by atoms with Gasteiger partial charge in [-0.25, -0.2) is 4.79 Å². The van der Waals surface area contributed by atoms with Gasteiger partial charge < -0.3 is 14.8 Å². The number of carbonyl (C=O) groups excluding carboxylic acids is 1. The first-order valence-electron chi connectivity index (χ1n) is 5.34. The van der Waals surface area contributed by atoms with E-state index in [1.54, 1.807) is 13.2 Å². The van der Waals surface area contributed by atoms with E-state index in [9.17, 15) is 9.00 Å². The van der Waals surface area contributed by atoms with Crippen molar-refractivity contribution in [3.8, 4) is 0 Å². The van der Waals surface area contributed by atoms with Crippen molar-refractivity contribution in [2.24, 2.45) is 0 Å². The van der Waals surface area contributed by atoms with E-state index in [0.717, 1.165) is 0 Å². The summed E-state index contributed by atoms with van der Waals surface area (Å²) < 4.78 is 20.8. The zero-order valence-electron chi connectivity index (χ0n) is 10.2. The van der Waals surface area contributed by atoms with Crippen molar-refractivity contribution in [2.45, 2.75) is 19.1 Å². The molecule has 0 aliphatic carbocycles. The second-order valence-electron chi connectivity index (χ2n) is 3.37. The maximum atomic E-state index is 11.0. The van der Waals surface area contributed by atoms with Crippen LogP contribution in [0.4, 0.5) is 0 Å². The Bertz CT molecular complexity index is 223. The predicted molar refractivity (Wildman–Crippen MR) is 63.9 cm³/mol. The molecular formula is C10H21NO4S. The Balaban J connectivity index is 3.27. The van der Waals surface area contributed by atoms with Gasteiger partial charge in [-0.05, 0) is 13.8 Å². The summed E-state index contributed by atoms with van der Waals surface area (Å²) in [6, 6.07) is 0. The highest BCUT2D eigenvalue weighted by Gasteiger charge is 2.04. The Morgan fingerprint density at radius 1 is 1.50 bits per heavy atom. The van der Waals surface area contributed by atoms with Gasteiger partial charge in [0.2, 0.25) is 0 Å². The van der Waals surface area contributed by atoms with Crippen LogP contribution in [0.5, 0.6) is 0 Å².